The largest absolute Gasteiger partial charge is 0.352 e. The maximum atomic E-state index is 13.4. The van der Waals surface area contributed by atoms with E-state index in [1.54, 1.807) is 35.6 Å². The molecule has 162 valence electrons. The van der Waals surface area contributed by atoms with Gasteiger partial charge in [-0.15, -0.1) is 17.9 Å². The zero-order valence-corrected chi connectivity index (χ0v) is 19.6. The summed E-state index contributed by atoms with van der Waals surface area (Å²) in [4.78, 5) is 13.6. The Labute approximate surface area is 196 Å². The van der Waals surface area contributed by atoms with Gasteiger partial charge in [-0.05, 0) is 48.2 Å². The lowest BCUT2D eigenvalue weighted by Crippen LogP contribution is -2.32. The third kappa shape index (κ3) is 5.49. The number of halogens is 2. The number of sulfonamides is 1. The standard InChI is InChI=1S/C22H20Cl2N2O3S2/c1-2-13-26(20-8-4-3-7-18(20)23)31(28,29)21-15-16(9-10-19(21)24)22(27)25-12-11-17-6-5-14-30-17/h2-10,14-15H,1,11-13H2,(H,25,27). The first-order chi connectivity index (χ1) is 14.8. The summed E-state index contributed by atoms with van der Waals surface area (Å²) in [6, 6.07) is 14.7. The normalized spacial score (nSPS) is 11.2. The number of rotatable bonds is 9. The van der Waals surface area contributed by atoms with E-state index in [9.17, 15) is 13.2 Å². The summed E-state index contributed by atoms with van der Waals surface area (Å²) in [5.74, 6) is -0.377. The number of nitrogens with zero attached hydrogens (tertiary/aromatic N) is 1. The predicted octanol–water partition coefficient (Wildman–Crippen LogP) is 5.41. The molecule has 3 rings (SSSR count). The molecule has 3 aromatic rings. The second-order valence-corrected chi connectivity index (χ2v) is 10.2. The van der Waals surface area contributed by atoms with Crippen LogP contribution in [0.1, 0.15) is 15.2 Å². The average molecular weight is 495 g/mol. The number of thiophene rings is 1. The fraction of sp³-hybridized carbons (Fsp3) is 0.136. The molecule has 0 aliphatic rings. The summed E-state index contributed by atoms with van der Waals surface area (Å²) in [6.07, 6.45) is 2.15. The number of carbonyl (C=O) groups excluding carboxylic acids is 1. The summed E-state index contributed by atoms with van der Waals surface area (Å²) in [5.41, 5.74) is 0.498. The monoisotopic (exact) mass is 494 g/mol. The van der Waals surface area contributed by atoms with Gasteiger partial charge in [0.05, 0.1) is 22.3 Å². The summed E-state index contributed by atoms with van der Waals surface area (Å²) >= 11 is 14.1. The molecule has 1 amide bonds. The Hall–Kier alpha value is -2.32. The maximum absolute atomic E-state index is 13.4. The first-order valence-electron chi connectivity index (χ1n) is 9.33. The maximum Gasteiger partial charge on any atom is 0.266 e. The fourth-order valence-corrected chi connectivity index (χ4v) is 5.87. The molecule has 0 aliphatic heterocycles. The minimum absolute atomic E-state index is 0.0104. The van der Waals surface area contributed by atoms with Crippen molar-refractivity contribution >= 4 is 56.2 Å². The molecule has 1 aromatic heterocycles. The summed E-state index contributed by atoms with van der Waals surface area (Å²) in [5, 5.41) is 5.06. The Balaban J connectivity index is 1.88. The van der Waals surface area contributed by atoms with Gasteiger partial charge in [0, 0.05) is 17.0 Å². The average Bonchev–Trinajstić information content (AvgIpc) is 3.26. The molecular formula is C22H20Cl2N2O3S2. The van der Waals surface area contributed by atoms with E-state index in [1.165, 1.54) is 24.3 Å². The number of amides is 1. The Kier molecular flexibility index (Phi) is 7.78. The van der Waals surface area contributed by atoms with Crippen molar-refractivity contribution in [3.05, 3.63) is 93.1 Å². The summed E-state index contributed by atoms with van der Waals surface area (Å²) in [7, 11) is -4.11. The molecule has 0 unspecified atom stereocenters. The van der Waals surface area contributed by atoms with Crippen molar-refractivity contribution in [2.24, 2.45) is 0 Å². The van der Waals surface area contributed by atoms with Crippen LogP contribution < -0.4 is 9.62 Å². The van der Waals surface area contributed by atoms with E-state index in [1.807, 2.05) is 17.5 Å². The first-order valence-corrected chi connectivity index (χ1v) is 12.4. The lowest BCUT2D eigenvalue weighted by Gasteiger charge is -2.24. The minimum Gasteiger partial charge on any atom is -0.352 e. The highest BCUT2D eigenvalue weighted by atomic mass is 35.5. The minimum atomic E-state index is -4.11. The Morgan fingerprint density at radius 2 is 1.87 bits per heavy atom. The predicted molar refractivity (Wildman–Crippen MR) is 128 cm³/mol. The van der Waals surface area contributed by atoms with E-state index < -0.39 is 10.0 Å². The van der Waals surface area contributed by atoms with Crippen LogP contribution in [-0.2, 0) is 16.4 Å². The molecule has 0 spiro atoms. The van der Waals surface area contributed by atoms with Crippen LogP contribution in [0.15, 0.2) is 77.5 Å². The first kappa shape index (κ1) is 23.3. The molecule has 0 bridgehead atoms. The number of carbonyl (C=O) groups is 1. The van der Waals surface area contributed by atoms with Crippen molar-refractivity contribution < 1.29 is 13.2 Å². The van der Waals surface area contributed by atoms with Crippen LogP contribution in [-0.4, -0.2) is 27.4 Å². The fourth-order valence-electron chi connectivity index (χ4n) is 2.91. The van der Waals surface area contributed by atoms with Crippen molar-refractivity contribution in [2.45, 2.75) is 11.3 Å². The van der Waals surface area contributed by atoms with Crippen LogP contribution in [0, 0.1) is 0 Å². The zero-order chi connectivity index (χ0) is 22.4. The van der Waals surface area contributed by atoms with Gasteiger partial charge in [0.15, 0.2) is 0 Å². The summed E-state index contributed by atoms with van der Waals surface area (Å²) in [6.45, 7) is 4.06. The van der Waals surface area contributed by atoms with Crippen molar-refractivity contribution in [1.82, 2.24) is 5.32 Å². The van der Waals surface area contributed by atoms with Gasteiger partial charge in [0.2, 0.25) is 0 Å². The SMILES string of the molecule is C=CCN(c1ccccc1Cl)S(=O)(=O)c1cc(C(=O)NCCc2cccs2)ccc1Cl. The van der Waals surface area contributed by atoms with Crippen LogP contribution in [0.25, 0.3) is 0 Å². The molecule has 9 heteroatoms. The van der Waals surface area contributed by atoms with Gasteiger partial charge in [0.25, 0.3) is 15.9 Å². The van der Waals surface area contributed by atoms with Crippen LogP contribution >= 0.6 is 34.5 Å². The van der Waals surface area contributed by atoms with E-state index in [0.29, 0.717) is 18.7 Å². The molecule has 0 fully saturated rings. The highest BCUT2D eigenvalue weighted by Crippen LogP contribution is 2.33. The molecule has 2 aromatic carbocycles. The highest BCUT2D eigenvalue weighted by molar-refractivity contribution is 7.93. The van der Waals surface area contributed by atoms with E-state index in [4.69, 9.17) is 23.2 Å². The quantitative estimate of drug-likeness (QED) is 0.404. The number of anilines is 1. The van der Waals surface area contributed by atoms with Gasteiger partial charge in [-0.2, -0.15) is 0 Å². The van der Waals surface area contributed by atoms with Crippen molar-refractivity contribution in [2.75, 3.05) is 17.4 Å². The third-order valence-electron chi connectivity index (χ3n) is 4.41. The lowest BCUT2D eigenvalue weighted by atomic mass is 10.2. The van der Waals surface area contributed by atoms with Crippen molar-refractivity contribution in [1.29, 1.82) is 0 Å². The van der Waals surface area contributed by atoms with Gasteiger partial charge >= 0.3 is 0 Å². The zero-order valence-electron chi connectivity index (χ0n) is 16.4. The number of hydrogen-bond acceptors (Lipinski definition) is 4. The van der Waals surface area contributed by atoms with Gasteiger partial charge < -0.3 is 5.32 Å². The molecule has 1 N–H and O–H groups in total. The molecule has 31 heavy (non-hydrogen) atoms. The molecule has 0 radical (unpaired) electrons. The number of nitrogens with one attached hydrogen (secondary N) is 1. The van der Waals surface area contributed by atoms with Gasteiger partial charge in [-0.25, -0.2) is 8.42 Å². The Bertz CT molecular complexity index is 1180. The van der Waals surface area contributed by atoms with Gasteiger partial charge in [-0.1, -0.05) is 47.5 Å². The van der Waals surface area contributed by atoms with Crippen molar-refractivity contribution in [3.63, 3.8) is 0 Å². The van der Waals surface area contributed by atoms with Gasteiger partial charge in [0.1, 0.15) is 4.90 Å². The second kappa shape index (κ2) is 10.3. The Morgan fingerprint density at radius 1 is 1.10 bits per heavy atom. The second-order valence-electron chi connectivity index (χ2n) is 6.51. The molecule has 5 nitrogen and oxygen atoms in total. The summed E-state index contributed by atoms with van der Waals surface area (Å²) < 4.78 is 28.0. The van der Waals surface area contributed by atoms with E-state index in [0.717, 1.165) is 9.18 Å². The van der Waals surface area contributed by atoms with Gasteiger partial charge in [-0.3, -0.25) is 9.10 Å². The van der Waals surface area contributed by atoms with Crippen LogP contribution in [0.5, 0.6) is 0 Å². The number of para-hydroxylation sites is 1. The van der Waals surface area contributed by atoms with E-state index in [-0.39, 0.29) is 33.0 Å². The molecule has 0 saturated heterocycles. The van der Waals surface area contributed by atoms with Crippen LogP contribution in [0.3, 0.4) is 0 Å². The van der Waals surface area contributed by atoms with Crippen molar-refractivity contribution in [3.8, 4) is 0 Å². The molecule has 0 aliphatic carbocycles. The number of benzene rings is 2. The molecule has 0 saturated carbocycles. The molecule has 1 heterocycles. The van der Waals surface area contributed by atoms with E-state index >= 15 is 0 Å². The van der Waals surface area contributed by atoms with Crippen LogP contribution in [0.4, 0.5) is 5.69 Å². The smallest absolute Gasteiger partial charge is 0.266 e. The highest BCUT2D eigenvalue weighted by Gasteiger charge is 2.28. The number of hydrogen-bond donors (Lipinski definition) is 1. The lowest BCUT2D eigenvalue weighted by molar-refractivity contribution is 0.0954. The van der Waals surface area contributed by atoms with E-state index in [2.05, 4.69) is 11.9 Å². The molecule has 0 atom stereocenters. The topological polar surface area (TPSA) is 66.5 Å². The third-order valence-corrected chi connectivity index (χ3v) is 7.93. The van der Waals surface area contributed by atoms with Crippen LogP contribution in [0.2, 0.25) is 10.0 Å². The molecular weight excluding hydrogens is 475 g/mol. The Morgan fingerprint density at radius 3 is 2.55 bits per heavy atom.